The highest BCUT2D eigenvalue weighted by atomic mass is 19.3. The second-order valence-electron chi connectivity index (χ2n) is 6.48. The molecule has 3 nitrogen and oxygen atoms in total. The van der Waals surface area contributed by atoms with E-state index in [1.807, 2.05) is 6.92 Å². The third kappa shape index (κ3) is 4.14. The van der Waals surface area contributed by atoms with E-state index in [1.54, 1.807) is 12.1 Å². The van der Waals surface area contributed by atoms with Crippen LogP contribution in [0.25, 0.3) is 11.1 Å². The number of nitrogens with zero attached hydrogens (tertiary/aromatic N) is 1. The SMILES string of the molecule is CCc1ccc(-c2c(O)cc(F)c(C(F)(F)Oc3cc(F)c(C#N)c(F)c3)c2F)cc1. The minimum Gasteiger partial charge on any atom is -0.507 e. The number of hydrogen-bond acceptors (Lipinski definition) is 3. The van der Waals surface area contributed by atoms with Gasteiger partial charge < -0.3 is 9.84 Å². The molecule has 0 aliphatic rings. The standard InChI is InChI=1S/C22H13F6NO2/c1-2-11-3-5-12(6-4-11)19-18(30)9-17(25)20(21(19)26)22(27,28)31-13-7-15(23)14(10-29)16(24)8-13/h3-9,30H,2H2,1H3. The van der Waals surface area contributed by atoms with Crippen LogP contribution in [-0.2, 0) is 12.5 Å². The Morgan fingerprint density at radius 2 is 1.55 bits per heavy atom. The van der Waals surface area contributed by atoms with E-state index < -0.39 is 57.6 Å². The summed E-state index contributed by atoms with van der Waals surface area (Å²) in [6.07, 6.45) is -4.07. The minimum atomic E-state index is -4.72. The van der Waals surface area contributed by atoms with Crippen molar-refractivity contribution < 1.29 is 36.2 Å². The summed E-state index contributed by atoms with van der Waals surface area (Å²) in [6.45, 7) is 1.86. The van der Waals surface area contributed by atoms with Crippen molar-refractivity contribution >= 4 is 0 Å². The van der Waals surface area contributed by atoms with Crippen molar-refractivity contribution in [2.24, 2.45) is 0 Å². The average molecular weight is 437 g/mol. The molecule has 3 aromatic rings. The fraction of sp³-hybridized carbons (Fsp3) is 0.136. The zero-order valence-corrected chi connectivity index (χ0v) is 15.8. The molecule has 31 heavy (non-hydrogen) atoms. The molecule has 1 N–H and O–H groups in total. The van der Waals surface area contributed by atoms with Crippen LogP contribution in [-0.4, -0.2) is 5.11 Å². The first-order valence-electron chi connectivity index (χ1n) is 8.85. The van der Waals surface area contributed by atoms with Crippen molar-refractivity contribution in [3.05, 3.63) is 82.4 Å². The molecule has 3 rings (SSSR count). The van der Waals surface area contributed by atoms with Crippen molar-refractivity contribution in [3.63, 3.8) is 0 Å². The first-order valence-corrected chi connectivity index (χ1v) is 8.85. The molecule has 0 spiro atoms. The molecule has 160 valence electrons. The first-order chi connectivity index (χ1) is 14.6. The van der Waals surface area contributed by atoms with Gasteiger partial charge in [-0.15, -0.1) is 0 Å². The molecular weight excluding hydrogens is 424 g/mol. The number of hydrogen-bond donors (Lipinski definition) is 1. The van der Waals surface area contributed by atoms with Crippen LogP contribution in [0.1, 0.15) is 23.6 Å². The van der Waals surface area contributed by atoms with Crippen molar-refractivity contribution in [2.45, 2.75) is 19.5 Å². The number of alkyl halides is 2. The Morgan fingerprint density at radius 3 is 2.06 bits per heavy atom. The maximum Gasteiger partial charge on any atom is 0.432 e. The van der Waals surface area contributed by atoms with Gasteiger partial charge in [0.15, 0.2) is 5.82 Å². The fourth-order valence-electron chi connectivity index (χ4n) is 2.97. The third-order valence-corrected chi connectivity index (χ3v) is 4.51. The molecule has 3 aromatic carbocycles. The zero-order chi connectivity index (χ0) is 22.9. The quantitative estimate of drug-likeness (QED) is 0.485. The van der Waals surface area contributed by atoms with E-state index in [1.165, 1.54) is 18.2 Å². The Hall–Kier alpha value is -3.67. The number of halogens is 6. The second kappa shape index (κ2) is 8.22. The molecule has 0 radical (unpaired) electrons. The predicted molar refractivity (Wildman–Crippen MR) is 98.4 cm³/mol. The molecule has 9 heteroatoms. The molecule has 0 aromatic heterocycles. The number of aryl methyl sites for hydroxylation is 1. The second-order valence-corrected chi connectivity index (χ2v) is 6.48. The summed E-state index contributed by atoms with van der Waals surface area (Å²) in [5.41, 5.74) is -2.73. The van der Waals surface area contributed by atoms with E-state index in [4.69, 9.17) is 5.26 Å². The Labute approximate surface area is 172 Å². The molecule has 0 aliphatic heterocycles. The molecule has 0 fully saturated rings. The number of rotatable bonds is 5. The van der Waals surface area contributed by atoms with E-state index in [-0.39, 0.29) is 17.7 Å². The van der Waals surface area contributed by atoms with Gasteiger partial charge in [0, 0.05) is 18.2 Å². The lowest BCUT2D eigenvalue weighted by Gasteiger charge is -2.21. The molecule has 0 saturated carbocycles. The summed E-state index contributed by atoms with van der Waals surface area (Å²) >= 11 is 0. The molecule has 0 amide bonds. The normalized spacial score (nSPS) is 11.3. The van der Waals surface area contributed by atoms with Gasteiger partial charge in [-0.2, -0.15) is 14.0 Å². The number of phenolic OH excluding ortho intramolecular Hbond substituents is 1. The zero-order valence-electron chi connectivity index (χ0n) is 15.8. The van der Waals surface area contributed by atoms with Crippen LogP contribution in [0.2, 0.25) is 0 Å². The smallest absolute Gasteiger partial charge is 0.432 e. The summed E-state index contributed by atoms with van der Waals surface area (Å²) in [7, 11) is 0. The number of aromatic hydroxyl groups is 1. The van der Waals surface area contributed by atoms with E-state index in [0.717, 1.165) is 5.56 Å². The van der Waals surface area contributed by atoms with Gasteiger partial charge in [0.25, 0.3) is 0 Å². The Kier molecular flexibility index (Phi) is 5.84. The monoisotopic (exact) mass is 437 g/mol. The molecular formula is C22H13F6NO2. The minimum absolute atomic E-state index is 0.000267. The molecule has 0 saturated heterocycles. The molecule has 0 atom stereocenters. The van der Waals surface area contributed by atoms with Crippen molar-refractivity contribution in [3.8, 4) is 28.7 Å². The van der Waals surface area contributed by atoms with Gasteiger partial charge in [-0.25, -0.2) is 17.6 Å². The van der Waals surface area contributed by atoms with Gasteiger partial charge in [0.05, 0.1) is 5.56 Å². The number of phenols is 1. The summed E-state index contributed by atoms with van der Waals surface area (Å²) in [6, 6.07) is 7.95. The van der Waals surface area contributed by atoms with Crippen molar-refractivity contribution in [1.82, 2.24) is 0 Å². The van der Waals surface area contributed by atoms with Crippen LogP contribution in [0.15, 0.2) is 42.5 Å². The topological polar surface area (TPSA) is 53.2 Å². The van der Waals surface area contributed by atoms with Crippen LogP contribution in [0.3, 0.4) is 0 Å². The van der Waals surface area contributed by atoms with E-state index in [0.29, 0.717) is 12.5 Å². The number of benzene rings is 3. The summed E-state index contributed by atoms with van der Waals surface area (Å²) in [5, 5.41) is 18.6. The highest BCUT2D eigenvalue weighted by Gasteiger charge is 2.43. The predicted octanol–water partition coefficient (Wildman–Crippen LogP) is 6.18. The molecule has 0 heterocycles. The van der Waals surface area contributed by atoms with Crippen LogP contribution in [0, 0.1) is 34.6 Å². The van der Waals surface area contributed by atoms with Gasteiger partial charge >= 0.3 is 6.11 Å². The Balaban J connectivity index is 2.10. The van der Waals surface area contributed by atoms with E-state index in [9.17, 15) is 31.4 Å². The van der Waals surface area contributed by atoms with Gasteiger partial charge in [0.2, 0.25) is 0 Å². The van der Waals surface area contributed by atoms with Crippen molar-refractivity contribution in [2.75, 3.05) is 0 Å². The number of nitriles is 1. The van der Waals surface area contributed by atoms with E-state index in [2.05, 4.69) is 4.74 Å². The average Bonchev–Trinajstić information content (AvgIpc) is 2.67. The molecule has 0 bridgehead atoms. The maximum absolute atomic E-state index is 15.0. The van der Waals surface area contributed by atoms with Gasteiger partial charge in [0.1, 0.15) is 46.1 Å². The Bertz CT molecular complexity index is 1160. The van der Waals surface area contributed by atoms with Crippen LogP contribution >= 0.6 is 0 Å². The van der Waals surface area contributed by atoms with Gasteiger partial charge in [-0.3, -0.25) is 0 Å². The fourth-order valence-corrected chi connectivity index (χ4v) is 2.97. The first kappa shape index (κ1) is 22.0. The highest BCUT2D eigenvalue weighted by molar-refractivity contribution is 5.72. The summed E-state index contributed by atoms with van der Waals surface area (Å²) in [5.74, 6) is -8.63. The summed E-state index contributed by atoms with van der Waals surface area (Å²) in [4.78, 5) is 0. The summed E-state index contributed by atoms with van der Waals surface area (Å²) < 4.78 is 90.1. The third-order valence-electron chi connectivity index (χ3n) is 4.51. The molecule has 0 aliphatic carbocycles. The van der Waals surface area contributed by atoms with Gasteiger partial charge in [-0.05, 0) is 17.5 Å². The van der Waals surface area contributed by atoms with Crippen molar-refractivity contribution in [1.29, 1.82) is 5.26 Å². The molecule has 0 unspecified atom stereocenters. The number of ether oxygens (including phenoxy) is 1. The lowest BCUT2D eigenvalue weighted by Crippen LogP contribution is -2.25. The largest absolute Gasteiger partial charge is 0.507 e. The van der Waals surface area contributed by atoms with E-state index >= 15 is 0 Å². The van der Waals surface area contributed by atoms with Crippen LogP contribution in [0.4, 0.5) is 26.3 Å². The van der Waals surface area contributed by atoms with Crippen LogP contribution < -0.4 is 4.74 Å². The van der Waals surface area contributed by atoms with Crippen LogP contribution in [0.5, 0.6) is 11.5 Å². The highest BCUT2D eigenvalue weighted by Crippen LogP contribution is 2.42. The Morgan fingerprint density at radius 1 is 0.968 bits per heavy atom. The maximum atomic E-state index is 15.0. The lowest BCUT2D eigenvalue weighted by molar-refractivity contribution is -0.189. The van der Waals surface area contributed by atoms with Gasteiger partial charge in [-0.1, -0.05) is 31.2 Å². The lowest BCUT2D eigenvalue weighted by atomic mass is 9.98.